The molecule has 0 atom stereocenters. The first-order chi connectivity index (χ1) is 9.16. The molecule has 0 aliphatic carbocycles. The lowest BCUT2D eigenvalue weighted by molar-refractivity contribution is -0.0543. The lowest BCUT2D eigenvalue weighted by Gasteiger charge is -2.32. The molecule has 1 aliphatic heterocycles. The number of hydrogen-bond donors (Lipinski definition) is 2. The van der Waals surface area contributed by atoms with Crippen molar-refractivity contribution >= 4 is 39.0 Å². The van der Waals surface area contributed by atoms with Crippen molar-refractivity contribution in [1.29, 1.82) is 0 Å². The minimum atomic E-state index is -0.738. The molecule has 0 radical (unpaired) electrons. The molecule has 1 fully saturated rings. The number of fused-ring (bicyclic) bond motifs is 1. The first kappa shape index (κ1) is 13.1. The van der Waals surface area contributed by atoms with Crippen LogP contribution in [0.4, 0.5) is 5.82 Å². The van der Waals surface area contributed by atoms with Crippen molar-refractivity contribution in [2.75, 3.05) is 25.1 Å². The van der Waals surface area contributed by atoms with Gasteiger partial charge in [-0.25, -0.2) is 9.97 Å². The SMILES string of the molecule is OC1(CNc2nc(Cl)nc3sccc23)CCOCC1. The van der Waals surface area contributed by atoms with Crippen molar-refractivity contribution < 1.29 is 9.84 Å². The number of anilines is 1. The van der Waals surface area contributed by atoms with E-state index in [1.807, 2.05) is 11.4 Å². The van der Waals surface area contributed by atoms with Crippen LogP contribution in [0, 0.1) is 0 Å². The van der Waals surface area contributed by atoms with Crippen LogP contribution in [0.5, 0.6) is 0 Å². The fraction of sp³-hybridized carbons (Fsp3) is 0.500. The number of rotatable bonds is 3. The summed E-state index contributed by atoms with van der Waals surface area (Å²) in [7, 11) is 0. The summed E-state index contributed by atoms with van der Waals surface area (Å²) in [5.74, 6) is 0.677. The van der Waals surface area contributed by atoms with Gasteiger partial charge in [0.2, 0.25) is 5.28 Å². The molecule has 2 N–H and O–H groups in total. The smallest absolute Gasteiger partial charge is 0.225 e. The molecule has 2 aromatic rings. The van der Waals surface area contributed by atoms with Gasteiger partial charge in [0.15, 0.2) is 0 Å². The van der Waals surface area contributed by atoms with Gasteiger partial charge >= 0.3 is 0 Å². The Balaban J connectivity index is 1.79. The van der Waals surface area contributed by atoms with E-state index in [2.05, 4.69) is 15.3 Å². The van der Waals surface area contributed by atoms with Crippen molar-refractivity contribution in [1.82, 2.24) is 9.97 Å². The average molecular weight is 300 g/mol. The van der Waals surface area contributed by atoms with Crippen LogP contribution >= 0.6 is 22.9 Å². The lowest BCUT2D eigenvalue weighted by atomic mass is 9.94. The van der Waals surface area contributed by atoms with Crippen LogP contribution in [0.3, 0.4) is 0 Å². The number of halogens is 1. The van der Waals surface area contributed by atoms with E-state index in [0.29, 0.717) is 38.4 Å². The summed E-state index contributed by atoms with van der Waals surface area (Å²) in [6.07, 6.45) is 1.26. The molecule has 2 aromatic heterocycles. The molecule has 0 bridgehead atoms. The van der Waals surface area contributed by atoms with Crippen LogP contribution in [0.25, 0.3) is 10.2 Å². The second-order valence-corrected chi connectivity index (χ2v) is 5.90. The quantitative estimate of drug-likeness (QED) is 0.851. The zero-order chi connectivity index (χ0) is 13.3. The molecule has 3 rings (SSSR count). The number of thiophene rings is 1. The minimum Gasteiger partial charge on any atom is -0.388 e. The maximum absolute atomic E-state index is 10.4. The third kappa shape index (κ3) is 2.81. The molecule has 1 saturated heterocycles. The van der Waals surface area contributed by atoms with Gasteiger partial charge in [-0.3, -0.25) is 0 Å². The Morgan fingerprint density at radius 3 is 3.00 bits per heavy atom. The van der Waals surface area contributed by atoms with Gasteiger partial charge in [-0.2, -0.15) is 0 Å². The van der Waals surface area contributed by atoms with Crippen LogP contribution < -0.4 is 5.32 Å². The maximum Gasteiger partial charge on any atom is 0.225 e. The molecule has 19 heavy (non-hydrogen) atoms. The van der Waals surface area contributed by atoms with Gasteiger partial charge in [-0.1, -0.05) is 0 Å². The normalized spacial score (nSPS) is 18.6. The lowest BCUT2D eigenvalue weighted by Crippen LogP contribution is -2.42. The Hall–Kier alpha value is -0.950. The number of aliphatic hydroxyl groups is 1. The third-order valence-corrected chi connectivity index (χ3v) is 4.28. The predicted octanol–water partition coefficient (Wildman–Crippen LogP) is 2.30. The van der Waals surface area contributed by atoms with E-state index < -0.39 is 5.60 Å². The number of nitrogens with zero attached hydrogens (tertiary/aromatic N) is 2. The molecule has 5 nitrogen and oxygen atoms in total. The van der Waals surface area contributed by atoms with Crippen molar-refractivity contribution in [3.05, 3.63) is 16.7 Å². The maximum atomic E-state index is 10.4. The van der Waals surface area contributed by atoms with E-state index in [0.717, 1.165) is 10.2 Å². The highest BCUT2D eigenvalue weighted by Crippen LogP contribution is 2.28. The highest BCUT2D eigenvalue weighted by molar-refractivity contribution is 7.16. The van der Waals surface area contributed by atoms with Crippen LogP contribution in [0.15, 0.2) is 11.4 Å². The largest absolute Gasteiger partial charge is 0.388 e. The molecule has 0 saturated carbocycles. The second kappa shape index (κ2) is 5.20. The zero-order valence-corrected chi connectivity index (χ0v) is 11.8. The fourth-order valence-electron chi connectivity index (χ4n) is 2.14. The number of ether oxygens (including phenoxy) is 1. The Morgan fingerprint density at radius 1 is 1.42 bits per heavy atom. The summed E-state index contributed by atoms with van der Waals surface area (Å²) in [6.45, 7) is 1.63. The fourth-order valence-corrected chi connectivity index (χ4v) is 3.12. The standard InChI is InChI=1S/C12H14ClN3O2S/c13-11-15-9(8-1-6-19-10(8)16-11)14-7-12(17)2-4-18-5-3-12/h1,6,17H,2-5,7H2,(H,14,15,16). The predicted molar refractivity (Wildman–Crippen MR) is 75.9 cm³/mol. The average Bonchev–Trinajstić information content (AvgIpc) is 2.85. The van der Waals surface area contributed by atoms with E-state index in [1.54, 1.807) is 0 Å². The Kier molecular flexibility index (Phi) is 3.58. The van der Waals surface area contributed by atoms with Gasteiger partial charge in [-0.15, -0.1) is 11.3 Å². The Morgan fingerprint density at radius 2 is 2.21 bits per heavy atom. The van der Waals surface area contributed by atoms with Gasteiger partial charge in [0, 0.05) is 32.6 Å². The van der Waals surface area contributed by atoms with Crippen LogP contribution in [-0.4, -0.2) is 40.4 Å². The molecule has 1 aliphatic rings. The highest BCUT2D eigenvalue weighted by atomic mass is 35.5. The summed E-state index contributed by atoms with van der Waals surface area (Å²) < 4.78 is 5.26. The first-order valence-corrected chi connectivity index (χ1v) is 7.37. The summed E-state index contributed by atoms with van der Waals surface area (Å²) >= 11 is 7.42. The molecule has 0 aromatic carbocycles. The van der Waals surface area contributed by atoms with E-state index in [4.69, 9.17) is 16.3 Å². The van der Waals surface area contributed by atoms with Crippen LogP contribution in [0.2, 0.25) is 5.28 Å². The summed E-state index contributed by atoms with van der Waals surface area (Å²) in [5, 5.41) is 16.7. The summed E-state index contributed by atoms with van der Waals surface area (Å²) in [6, 6.07) is 1.95. The van der Waals surface area contributed by atoms with Crippen molar-refractivity contribution in [2.24, 2.45) is 0 Å². The van der Waals surface area contributed by atoms with E-state index >= 15 is 0 Å². The molecule has 7 heteroatoms. The van der Waals surface area contributed by atoms with E-state index in [9.17, 15) is 5.11 Å². The van der Waals surface area contributed by atoms with Crippen molar-refractivity contribution in [3.8, 4) is 0 Å². The Bertz CT molecular complexity index is 583. The molecular formula is C12H14ClN3O2S. The van der Waals surface area contributed by atoms with Gasteiger partial charge < -0.3 is 15.2 Å². The van der Waals surface area contributed by atoms with E-state index in [-0.39, 0.29) is 5.28 Å². The van der Waals surface area contributed by atoms with Gasteiger partial charge in [0.05, 0.1) is 11.0 Å². The molecule has 0 spiro atoms. The molecule has 3 heterocycles. The highest BCUT2D eigenvalue weighted by Gasteiger charge is 2.29. The molecule has 0 unspecified atom stereocenters. The topological polar surface area (TPSA) is 67.3 Å². The first-order valence-electron chi connectivity index (χ1n) is 6.11. The summed E-state index contributed by atoms with van der Waals surface area (Å²) in [4.78, 5) is 9.20. The van der Waals surface area contributed by atoms with Crippen LogP contribution in [0.1, 0.15) is 12.8 Å². The third-order valence-electron chi connectivity index (χ3n) is 3.31. The monoisotopic (exact) mass is 299 g/mol. The van der Waals surface area contributed by atoms with Crippen molar-refractivity contribution in [2.45, 2.75) is 18.4 Å². The zero-order valence-electron chi connectivity index (χ0n) is 10.2. The van der Waals surface area contributed by atoms with Gasteiger partial charge in [-0.05, 0) is 23.0 Å². The molecule has 0 amide bonds. The van der Waals surface area contributed by atoms with Gasteiger partial charge in [0.25, 0.3) is 0 Å². The van der Waals surface area contributed by atoms with Crippen molar-refractivity contribution in [3.63, 3.8) is 0 Å². The Labute approximate surface area is 119 Å². The number of aromatic nitrogens is 2. The molecular weight excluding hydrogens is 286 g/mol. The van der Waals surface area contributed by atoms with Gasteiger partial charge in [0.1, 0.15) is 10.6 Å². The second-order valence-electron chi connectivity index (χ2n) is 4.67. The minimum absolute atomic E-state index is 0.219. The van der Waals surface area contributed by atoms with Crippen LogP contribution in [-0.2, 0) is 4.74 Å². The van der Waals surface area contributed by atoms with E-state index in [1.165, 1.54) is 11.3 Å². The molecule has 102 valence electrons. The number of hydrogen-bond acceptors (Lipinski definition) is 6. The number of nitrogens with one attached hydrogen (secondary N) is 1. The summed E-state index contributed by atoms with van der Waals surface area (Å²) in [5.41, 5.74) is -0.738.